The SMILES string of the molecule is CCOC(=O)c1cc(CC(=O)c2nc(CC(=O)c3cc(CC(=O)OC(C)(C)C)cn3C)cn2C)cn1C. The topological polar surface area (TPSA) is 114 Å². The molecule has 10 heteroatoms. The summed E-state index contributed by atoms with van der Waals surface area (Å²) < 4.78 is 15.3. The quantitative estimate of drug-likeness (QED) is 0.304. The number of hydrogen-bond acceptors (Lipinski definition) is 7. The molecule has 0 unspecified atom stereocenters. The molecule has 0 fully saturated rings. The second-order valence-corrected chi connectivity index (χ2v) is 10.0. The zero-order chi connectivity index (χ0) is 27.5. The average Bonchev–Trinajstić information content (AvgIpc) is 3.43. The maximum absolute atomic E-state index is 13.0. The number of Topliss-reactive ketones (excluding diaryl/α,β-unsaturated/α-hetero) is 2. The molecule has 3 aromatic rings. The minimum atomic E-state index is -0.581. The van der Waals surface area contributed by atoms with Crippen LogP contribution in [0.4, 0.5) is 0 Å². The number of hydrogen-bond donors (Lipinski definition) is 0. The first-order valence-electron chi connectivity index (χ1n) is 12.1. The second kappa shape index (κ2) is 11.0. The molecule has 0 amide bonds. The Hall–Kier alpha value is -3.95. The van der Waals surface area contributed by atoms with Crippen LogP contribution in [0.5, 0.6) is 0 Å². The third-order valence-electron chi connectivity index (χ3n) is 5.54. The van der Waals surface area contributed by atoms with Crippen LogP contribution in [0.1, 0.15) is 76.1 Å². The summed E-state index contributed by atoms with van der Waals surface area (Å²) in [6.07, 6.45) is 5.22. The summed E-state index contributed by atoms with van der Waals surface area (Å²) in [5.41, 5.74) is 2.03. The van der Waals surface area contributed by atoms with Crippen molar-refractivity contribution in [3.8, 4) is 0 Å². The van der Waals surface area contributed by atoms with Gasteiger partial charge in [0.25, 0.3) is 0 Å². The molecule has 0 aliphatic heterocycles. The molecule has 198 valence electrons. The van der Waals surface area contributed by atoms with Crippen molar-refractivity contribution in [2.45, 2.75) is 52.6 Å². The van der Waals surface area contributed by atoms with Gasteiger partial charge in [0, 0.05) is 46.2 Å². The highest BCUT2D eigenvalue weighted by Gasteiger charge is 2.22. The number of imidazole rings is 1. The predicted molar refractivity (Wildman–Crippen MR) is 136 cm³/mol. The molecule has 0 saturated carbocycles. The fourth-order valence-corrected chi connectivity index (χ4v) is 4.08. The summed E-state index contributed by atoms with van der Waals surface area (Å²) in [5, 5.41) is 0. The molecule has 3 heterocycles. The van der Waals surface area contributed by atoms with Crippen molar-refractivity contribution >= 4 is 23.5 Å². The van der Waals surface area contributed by atoms with E-state index in [2.05, 4.69) is 4.98 Å². The number of carbonyl (C=O) groups excluding carboxylic acids is 4. The van der Waals surface area contributed by atoms with Gasteiger partial charge in [-0.1, -0.05) is 0 Å². The van der Waals surface area contributed by atoms with Gasteiger partial charge < -0.3 is 23.2 Å². The summed E-state index contributed by atoms with van der Waals surface area (Å²) in [6.45, 7) is 7.40. The van der Waals surface area contributed by atoms with E-state index in [1.807, 2.05) is 0 Å². The zero-order valence-corrected chi connectivity index (χ0v) is 22.5. The van der Waals surface area contributed by atoms with E-state index in [1.54, 1.807) is 93.3 Å². The Labute approximate surface area is 216 Å². The Bertz CT molecular complexity index is 1340. The number of esters is 2. The van der Waals surface area contributed by atoms with E-state index in [9.17, 15) is 19.2 Å². The standard InChI is InChI=1S/C27H34N4O6/c1-8-36-26(35)21-10-17(14-30(21)6)11-23(33)25-28-19(16-31(25)7)13-22(32)20-9-18(15-29(20)5)12-24(34)37-27(2,3)4/h9-10,14-16H,8,11-13H2,1-7H3. The van der Waals surface area contributed by atoms with E-state index in [0.29, 0.717) is 28.2 Å². The van der Waals surface area contributed by atoms with Gasteiger partial charge in [0.1, 0.15) is 11.3 Å². The van der Waals surface area contributed by atoms with Crippen LogP contribution >= 0.6 is 0 Å². The average molecular weight is 511 g/mol. The van der Waals surface area contributed by atoms with Crippen LogP contribution in [-0.2, 0) is 54.7 Å². The number of nitrogens with zero attached hydrogens (tertiary/aromatic N) is 4. The third-order valence-corrected chi connectivity index (χ3v) is 5.54. The number of ketones is 2. The summed E-state index contributed by atoms with van der Waals surface area (Å²) in [7, 11) is 5.15. The van der Waals surface area contributed by atoms with Crippen molar-refractivity contribution in [3.63, 3.8) is 0 Å². The van der Waals surface area contributed by atoms with Gasteiger partial charge in [-0.15, -0.1) is 0 Å². The summed E-state index contributed by atoms with van der Waals surface area (Å²) >= 11 is 0. The van der Waals surface area contributed by atoms with E-state index in [4.69, 9.17) is 9.47 Å². The number of aromatic nitrogens is 4. The first-order valence-corrected chi connectivity index (χ1v) is 12.1. The largest absolute Gasteiger partial charge is 0.461 e. The molecule has 0 aliphatic rings. The minimum Gasteiger partial charge on any atom is -0.461 e. The van der Waals surface area contributed by atoms with E-state index >= 15 is 0 Å². The van der Waals surface area contributed by atoms with Gasteiger partial charge in [0.05, 0.1) is 30.8 Å². The first-order chi connectivity index (χ1) is 17.3. The van der Waals surface area contributed by atoms with Crippen molar-refractivity contribution < 1.29 is 28.7 Å². The summed E-state index contributed by atoms with van der Waals surface area (Å²) in [5.74, 6) is -1.01. The maximum atomic E-state index is 13.0. The lowest BCUT2D eigenvalue weighted by Gasteiger charge is -2.19. The number of ether oxygens (including phenoxy) is 2. The van der Waals surface area contributed by atoms with E-state index in [1.165, 1.54) is 0 Å². The lowest BCUT2D eigenvalue weighted by molar-refractivity contribution is -0.153. The molecule has 0 aliphatic carbocycles. The van der Waals surface area contributed by atoms with E-state index in [-0.39, 0.29) is 49.2 Å². The van der Waals surface area contributed by atoms with Crippen molar-refractivity contribution in [1.82, 2.24) is 18.7 Å². The van der Waals surface area contributed by atoms with Crippen LogP contribution in [0.2, 0.25) is 0 Å². The number of rotatable bonds is 10. The van der Waals surface area contributed by atoms with Gasteiger partial charge in [-0.05, 0) is 51.0 Å². The monoisotopic (exact) mass is 510 g/mol. The van der Waals surface area contributed by atoms with Gasteiger partial charge >= 0.3 is 11.9 Å². The second-order valence-electron chi connectivity index (χ2n) is 10.0. The highest BCUT2D eigenvalue weighted by molar-refractivity contribution is 5.97. The first kappa shape index (κ1) is 27.6. The van der Waals surface area contributed by atoms with Gasteiger partial charge in [-0.3, -0.25) is 14.4 Å². The lowest BCUT2D eigenvalue weighted by Crippen LogP contribution is -2.24. The van der Waals surface area contributed by atoms with Gasteiger partial charge in [0.15, 0.2) is 11.6 Å². The third kappa shape index (κ3) is 7.05. The summed E-state index contributed by atoms with van der Waals surface area (Å²) in [4.78, 5) is 54.5. The molecule has 0 N–H and O–H groups in total. The van der Waals surface area contributed by atoms with Crippen LogP contribution in [0.25, 0.3) is 0 Å². The molecule has 0 saturated heterocycles. The Morgan fingerprint density at radius 3 is 2.03 bits per heavy atom. The molecular formula is C27H34N4O6. The Balaban J connectivity index is 1.68. The van der Waals surface area contributed by atoms with Crippen LogP contribution in [-0.4, -0.2) is 54.4 Å². The molecule has 0 aromatic carbocycles. The molecule has 0 bridgehead atoms. The number of aryl methyl sites for hydroxylation is 3. The highest BCUT2D eigenvalue weighted by atomic mass is 16.6. The predicted octanol–water partition coefficient (Wildman–Crippen LogP) is 3.01. The molecule has 10 nitrogen and oxygen atoms in total. The summed E-state index contributed by atoms with van der Waals surface area (Å²) in [6, 6.07) is 3.31. The van der Waals surface area contributed by atoms with Crippen molar-refractivity contribution in [3.05, 3.63) is 64.8 Å². The van der Waals surface area contributed by atoms with Crippen molar-refractivity contribution in [2.75, 3.05) is 6.61 Å². The Morgan fingerprint density at radius 2 is 1.41 bits per heavy atom. The fourth-order valence-electron chi connectivity index (χ4n) is 4.08. The van der Waals surface area contributed by atoms with Gasteiger partial charge in [0.2, 0.25) is 5.78 Å². The highest BCUT2D eigenvalue weighted by Crippen LogP contribution is 2.16. The van der Waals surface area contributed by atoms with E-state index < -0.39 is 11.6 Å². The van der Waals surface area contributed by atoms with Crippen LogP contribution in [0.15, 0.2) is 30.7 Å². The molecule has 0 radical (unpaired) electrons. The van der Waals surface area contributed by atoms with Gasteiger partial charge in [-0.2, -0.15) is 0 Å². The molecular weight excluding hydrogens is 476 g/mol. The zero-order valence-electron chi connectivity index (χ0n) is 22.5. The molecule has 37 heavy (non-hydrogen) atoms. The molecule has 0 atom stereocenters. The lowest BCUT2D eigenvalue weighted by atomic mass is 10.1. The number of carbonyl (C=O) groups is 4. The Kier molecular flexibility index (Phi) is 8.20. The minimum absolute atomic E-state index is 0.00317. The van der Waals surface area contributed by atoms with Crippen molar-refractivity contribution in [1.29, 1.82) is 0 Å². The molecule has 3 rings (SSSR count). The van der Waals surface area contributed by atoms with Crippen molar-refractivity contribution in [2.24, 2.45) is 21.1 Å². The van der Waals surface area contributed by atoms with Crippen LogP contribution < -0.4 is 0 Å². The molecule has 3 aromatic heterocycles. The normalized spacial score (nSPS) is 11.4. The van der Waals surface area contributed by atoms with Crippen LogP contribution in [0.3, 0.4) is 0 Å². The Morgan fingerprint density at radius 1 is 0.811 bits per heavy atom. The molecule has 0 spiro atoms. The fraction of sp³-hybridized carbons (Fsp3) is 0.444. The van der Waals surface area contributed by atoms with E-state index in [0.717, 1.165) is 0 Å². The van der Waals surface area contributed by atoms with Gasteiger partial charge in [-0.25, -0.2) is 9.78 Å². The smallest absolute Gasteiger partial charge is 0.354 e. The van der Waals surface area contributed by atoms with Crippen LogP contribution in [0, 0.1) is 0 Å². The maximum Gasteiger partial charge on any atom is 0.354 e.